The highest BCUT2D eigenvalue weighted by Crippen LogP contribution is 2.33. The van der Waals surface area contributed by atoms with Crippen LogP contribution in [0.25, 0.3) is 10.2 Å². The molecule has 3 aromatic rings. The van der Waals surface area contributed by atoms with E-state index in [1.54, 1.807) is 11.3 Å². The van der Waals surface area contributed by atoms with E-state index in [4.69, 9.17) is 4.98 Å². The zero-order chi connectivity index (χ0) is 19.1. The second-order valence-corrected chi connectivity index (χ2v) is 8.43. The third-order valence-electron chi connectivity index (χ3n) is 5.52. The molecule has 0 radical (unpaired) electrons. The predicted molar refractivity (Wildman–Crippen MR) is 113 cm³/mol. The van der Waals surface area contributed by atoms with E-state index in [-0.39, 0.29) is 5.91 Å². The first-order valence-electron chi connectivity index (χ1n) is 9.42. The van der Waals surface area contributed by atoms with E-state index in [9.17, 15) is 4.79 Å². The van der Waals surface area contributed by atoms with Gasteiger partial charge in [0.1, 0.15) is 0 Å². The van der Waals surface area contributed by atoms with Crippen LogP contribution in [0.4, 0.5) is 5.13 Å². The molecular weight excluding hydrogens is 354 g/mol. The molecule has 4 rings (SSSR count). The van der Waals surface area contributed by atoms with E-state index in [1.807, 2.05) is 23.1 Å². The lowest BCUT2D eigenvalue weighted by molar-refractivity contribution is 0.0746. The Balaban J connectivity index is 1.49. The van der Waals surface area contributed by atoms with Gasteiger partial charge >= 0.3 is 0 Å². The van der Waals surface area contributed by atoms with Gasteiger partial charge in [0.25, 0.3) is 5.91 Å². The van der Waals surface area contributed by atoms with Crippen LogP contribution in [0.1, 0.15) is 32.6 Å². The number of hydrogen-bond acceptors (Lipinski definition) is 4. The third kappa shape index (κ3) is 3.32. The van der Waals surface area contributed by atoms with Crippen molar-refractivity contribution in [1.29, 1.82) is 0 Å². The molecule has 4 nitrogen and oxygen atoms in total. The first kappa shape index (κ1) is 18.0. The van der Waals surface area contributed by atoms with E-state index in [0.717, 1.165) is 42.4 Å². The molecule has 0 spiro atoms. The number of amides is 1. The van der Waals surface area contributed by atoms with E-state index in [0.29, 0.717) is 0 Å². The minimum absolute atomic E-state index is 0.133. The van der Waals surface area contributed by atoms with Crippen molar-refractivity contribution in [2.75, 3.05) is 31.1 Å². The quantitative estimate of drug-likeness (QED) is 0.658. The van der Waals surface area contributed by atoms with E-state index < -0.39 is 0 Å². The maximum Gasteiger partial charge on any atom is 0.253 e. The van der Waals surface area contributed by atoms with Crippen molar-refractivity contribution in [2.45, 2.75) is 27.7 Å². The Bertz CT molecular complexity index is 977. The van der Waals surface area contributed by atoms with Crippen molar-refractivity contribution < 1.29 is 4.79 Å². The van der Waals surface area contributed by atoms with Gasteiger partial charge in [-0.25, -0.2) is 4.98 Å². The molecule has 27 heavy (non-hydrogen) atoms. The molecule has 1 aliphatic heterocycles. The molecule has 2 heterocycles. The number of nitrogens with zero attached hydrogens (tertiary/aromatic N) is 3. The lowest BCUT2D eigenvalue weighted by Gasteiger charge is -2.34. The summed E-state index contributed by atoms with van der Waals surface area (Å²) in [5.74, 6) is 0.133. The molecule has 1 amide bonds. The molecule has 140 valence electrons. The number of hydrogen-bond donors (Lipinski definition) is 0. The Morgan fingerprint density at radius 3 is 2.22 bits per heavy atom. The highest BCUT2D eigenvalue weighted by atomic mass is 32.1. The average molecular weight is 380 g/mol. The Morgan fingerprint density at radius 1 is 0.889 bits per heavy atom. The number of carbonyl (C=O) groups excluding carboxylic acids is 1. The molecule has 2 aromatic carbocycles. The monoisotopic (exact) mass is 379 g/mol. The van der Waals surface area contributed by atoms with Crippen LogP contribution in [0.2, 0.25) is 0 Å². The summed E-state index contributed by atoms with van der Waals surface area (Å²) in [5.41, 5.74) is 6.79. The van der Waals surface area contributed by atoms with Crippen molar-refractivity contribution in [3.63, 3.8) is 0 Å². The van der Waals surface area contributed by atoms with Crippen LogP contribution in [0.5, 0.6) is 0 Å². The summed E-state index contributed by atoms with van der Waals surface area (Å²) in [6.07, 6.45) is 0. The second-order valence-electron chi connectivity index (χ2n) is 7.45. The summed E-state index contributed by atoms with van der Waals surface area (Å²) in [5, 5.41) is 1.07. The van der Waals surface area contributed by atoms with Gasteiger partial charge < -0.3 is 9.80 Å². The van der Waals surface area contributed by atoms with Crippen molar-refractivity contribution >= 4 is 32.6 Å². The highest BCUT2D eigenvalue weighted by molar-refractivity contribution is 7.22. The molecule has 0 atom stereocenters. The molecule has 0 unspecified atom stereocenters. The molecule has 1 fully saturated rings. The molecule has 0 saturated carbocycles. The van der Waals surface area contributed by atoms with Crippen LogP contribution in [0.3, 0.4) is 0 Å². The molecule has 0 N–H and O–H groups in total. The van der Waals surface area contributed by atoms with Gasteiger partial charge in [0.15, 0.2) is 5.13 Å². The maximum absolute atomic E-state index is 12.8. The largest absolute Gasteiger partial charge is 0.345 e. The third-order valence-corrected chi connectivity index (χ3v) is 6.77. The van der Waals surface area contributed by atoms with Crippen molar-refractivity contribution in [3.8, 4) is 0 Å². The van der Waals surface area contributed by atoms with Gasteiger partial charge in [-0.05, 0) is 62.1 Å². The Labute approximate surface area is 164 Å². The Morgan fingerprint density at radius 2 is 1.56 bits per heavy atom. The van der Waals surface area contributed by atoms with Crippen molar-refractivity contribution in [3.05, 3.63) is 58.1 Å². The topological polar surface area (TPSA) is 36.4 Å². The lowest BCUT2D eigenvalue weighted by Crippen LogP contribution is -2.48. The number of carbonyl (C=O) groups is 1. The number of fused-ring (bicyclic) bond motifs is 1. The van der Waals surface area contributed by atoms with Gasteiger partial charge in [0.2, 0.25) is 0 Å². The van der Waals surface area contributed by atoms with Crippen LogP contribution in [0, 0.1) is 27.7 Å². The molecule has 1 aliphatic rings. The fraction of sp³-hybridized carbons (Fsp3) is 0.364. The highest BCUT2D eigenvalue weighted by Gasteiger charge is 2.24. The van der Waals surface area contributed by atoms with Gasteiger partial charge in [-0.15, -0.1) is 0 Å². The molecule has 1 saturated heterocycles. The van der Waals surface area contributed by atoms with Crippen molar-refractivity contribution in [1.82, 2.24) is 9.88 Å². The minimum Gasteiger partial charge on any atom is -0.345 e. The predicted octanol–water partition coefficient (Wildman–Crippen LogP) is 4.49. The van der Waals surface area contributed by atoms with E-state index >= 15 is 0 Å². The number of aryl methyl sites for hydroxylation is 4. The molecule has 1 aromatic heterocycles. The summed E-state index contributed by atoms with van der Waals surface area (Å²) in [6.45, 7) is 11.5. The van der Waals surface area contributed by atoms with Gasteiger partial charge in [0, 0.05) is 31.7 Å². The number of aromatic nitrogens is 1. The molecular formula is C22H25N3OS. The first-order valence-corrected chi connectivity index (χ1v) is 10.2. The molecule has 0 bridgehead atoms. The van der Waals surface area contributed by atoms with Gasteiger partial charge in [0.05, 0.1) is 10.2 Å². The van der Waals surface area contributed by atoms with E-state index in [1.165, 1.54) is 27.0 Å². The van der Waals surface area contributed by atoms with E-state index in [2.05, 4.69) is 44.7 Å². The molecule has 5 heteroatoms. The van der Waals surface area contributed by atoms with Gasteiger partial charge in [-0.1, -0.05) is 29.5 Å². The number of piperazine rings is 1. The maximum atomic E-state index is 12.8. The normalized spacial score (nSPS) is 14.8. The Kier molecular flexibility index (Phi) is 4.64. The second kappa shape index (κ2) is 6.97. The summed E-state index contributed by atoms with van der Waals surface area (Å²) in [7, 11) is 0. The first-order chi connectivity index (χ1) is 12.9. The number of benzene rings is 2. The van der Waals surface area contributed by atoms with Gasteiger partial charge in [-0.3, -0.25) is 4.79 Å². The lowest BCUT2D eigenvalue weighted by atomic mass is 10.1. The average Bonchev–Trinajstić information content (AvgIpc) is 3.13. The van der Waals surface area contributed by atoms with Gasteiger partial charge in [-0.2, -0.15) is 0 Å². The van der Waals surface area contributed by atoms with Crippen LogP contribution >= 0.6 is 11.3 Å². The van der Waals surface area contributed by atoms with Crippen LogP contribution in [-0.2, 0) is 0 Å². The summed E-state index contributed by atoms with van der Waals surface area (Å²) < 4.78 is 1.28. The number of rotatable bonds is 2. The zero-order valence-corrected chi connectivity index (χ0v) is 17.2. The van der Waals surface area contributed by atoms with Crippen LogP contribution in [-0.4, -0.2) is 42.0 Å². The van der Waals surface area contributed by atoms with Crippen LogP contribution < -0.4 is 4.90 Å². The van der Waals surface area contributed by atoms with Crippen molar-refractivity contribution in [2.24, 2.45) is 0 Å². The number of anilines is 1. The summed E-state index contributed by atoms with van der Waals surface area (Å²) >= 11 is 1.77. The summed E-state index contributed by atoms with van der Waals surface area (Å²) in [4.78, 5) is 22.0. The summed E-state index contributed by atoms with van der Waals surface area (Å²) in [6, 6.07) is 10.3. The Hall–Kier alpha value is -2.40. The standard InChI is InChI=1S/C22H25N3OS/c1-14-7-8-18(13-17(14)4)21(26)24-9-11-25(12-10-24)22-23-19-15(2)5-6-16(3)20(19)27-22/h5-8,13H,9-12H2,1-4H3. The van der Waals surface area contributed by atoms with Crippen LogP contribution in [0.15, 0.2) is 30.3 Å². The number of thiazole rings is 1. The fourth-order valence-electron chi connectivity index (χ4n) is 3.54. The smallest absolute Gasteiger partial charge is 0.253 e. The zero-order valence-electron chi connectivity index (χ0n) is 16.4. The fourth-order valence-corrected chi connectivity index (χ4v) is 4.70. The SMILES string of the molecule is Cc1ccc(C(=O)N2CCN(c3nc4c(C)ccc(C)c4s3)CC2)cc1C. The minimum atomic E-state index is 0.133. The molecule has 0 aliphatic carbocycles.